The molecule has 1 aromatic heterocycles. The maximum atomic E-state index is 12.0. The van der Waals surface area contributed by atoms with Gasteiger partial charge in [0.2, 0.25) is 18.2 Å². The molecule has 1 aromatic carbocycles. The van der Waals surface area contributed by atoms with E-state index < -0.39 is 5.54 Å². The fourth-order valence-electron chi connectivity index (χ4n) is 1.46. The van der Waals surface area contributed by atoms with Crippen LogP contribution in [0.3, 0.4) is 0 Å². The van der Waals surface area contributed by atoms with Gasteiger partial charge in [-0.15, -0.1) is 10.2 Å². The Morgan fingerprint density at radius 1 is 1.53 bits per heavy atom. The highest BCUT2D eigenvalue weighted by atomic mass is 16.4. The van der Waals surface area contributed by atoms with Gasteiger partial charge in [-0.1, -0.05) is 13.0 Å². The number of anilines is 1. The minimum atomic E-state index is -0.888. The summed E-state index contributed by atoms with van der Waals surface area (Å²) in [4.78, 5) is 12.0. The van der Waals surface area contributed by atoms with Crippen LogP contribution >= 0.6 is 0 Å². The van der Waals surface area contributed by atoms with Crippen LogP contribution in [0.5, 0.6) is 0 Å². The molecule has 2 rings (SSSR count). The number of nitrogens with zero attached hydrogens (tertiary/aromatic N) is 2. The van der Waals surface area contributed by atoms with E-state index in [1.165, 1.54) is 6.39 Å². The van der Waals surface area contributed by atoms with Crippen LogP contribution in [0, 0.1) is 0 Å². The summed E-state index contributed by atoms with van der Waals surface area (Å²) in [5, 5.41) is 10.2. The Labute approximate surface area is 111 Å². The van der Waals surface area contributed by atoms with Crippen molar-refractivity contribution in [2.45, 2.75) is 25.8 Å². The molecule has 0 fully saturated rings. The van der Waals surface area contributed by atoms with Gasteiger partial charge in [-0.25, -0.2) is 0 Å². The zero-order valence-corrected chi connectivity index (χ0v) is 10.9. The molecule has 0 aliphatic carbocycles. The fourth-order valence-corrected chi connectivity index (χ4v) is 1.46. The molecule has 6 heteroatoms. The van der Waals surface area contributed by atoms with E-state index in [0.29, 0.717) is 18.0 Å². The highest BCUT2D eigenvalue weighted by Crippen LogP contribution is 2.21. The standard InChI is InChI=1S/C13H16N4O2/c1-3-13(2,14)12(18)16-10-6-4-5-9(7-10)11-17-15-8-19-11/h4-8H,3,14H2,1-2H3,(H,16,18). The van der Waals surface area contributed by atoms with Crippen molar-refractivity contribution in [2.24, 2.45) is 5.73 Å². The van der Waals surface area contributed by atoms with E-state index in [1.807, 2.05) is 13.0 Å². The van der Waals surface area contributed by atoms with E-state index in [1.54, 1.807) is 25.1 Å². The Hall–Kier alpha value is -2.21. The Bertz CT molecular complexity index is 564. The van der Waals surface area contributed by atoms with Crippen molar-refractivity contribution >= 4 is 11.6 Å². The minimum Gasteiger partial charge on any atom is -0.423 e. The number of carbonyl (C=O) groups is 1. The first-order chi connectivity index (χ1) is 9.03. The number of carbonyl (C=O) groups excluding carboxylic acids is 1. The monoisotopic (exact) mass is 260 g/mol. The predicted octanol–water partition coefficient (Wildman–Crippen LogP) is 1.80. The van der Waals surface area contributed by atoms with Crippen molar-refractivity contribution in [1.82, 2.24) is 10.2 Å². The molecule has 2 aromatic rings. The van der Waals surface area contributed by atoms with Crippen LogP contribution in [-0.4, -0.2) is 21.6 Å². The molecular formula is C13H16N4O2. The van der Waals surface area contributed by atoms with Gasteiger partial charge in [0.05, 0.1) is 5.54 Å². The van der Waals surface area contributed by atoms with Gasteiger partial charge in [0, 0.05) is 11.3 Å². The fraction of sp³-hybridized carbons (Fsp3) is 0.308. The average molecular weight is 260 g/mol. The molecule has 0 bridgehead atoms. The molecule has 0 spiro atoms. The normalized spacial score (nSPS) is 13.8. The Kier molecular flexibility index (Phi) is 3.62. The predicted molar refractivity (Wildman–Crippen MR) is 71.2 cm³/mol. The van der Waals surface area contributed by atoms with E-state index >= 15 is 0 Å². The number of rotatable bonds is 4. The molecule has 6 nitrogen and oxygen atoms in total. The van der Waals surface area contributed by atoms with E-state index in [2.05, 4.69) is 15.5 Å². The number of benzene rings is 1. The van der Waals surface area contributed by atoms with Gasteiger partial charge in [-0.3, -0.25) is 4.79 Å². The second-order valence-corrected chi connectivity index (χ2v) is 4.55. The third-order valence-corrected chi connectivity index (χ3v) is 2.98. The molecule has 19 heavy (non-hydrogen) atoms. The molecule has 0 aliphatic heterocycles. The largest absolute Gasteiger partial charge is 0.423 e. The smallest absolute Gasteiger partial charge is 0.247 e. The van der Waals surface area contributed by atoms with Gasteiger partial charge >= 0.3 is 0 Å². The first-order valence-corrected chi connectivity index (χ1v) is 6.00. The van der Waals surface area contributed by atoms with Gasteiger partial charge in [0.1, 0.15) is 0 Å². The molecule has 0 saturated carbocycles. The van der Waals surface area contributed by atoms with Gasteiger partial charge in [-0.2, -0.15) is 0 Å². The lowest BCUT2D eigenvalue weighted by Gasteiger charge is -2.21. The second-order valence-electron chi connectivity index (χ2n) is 4.55. The molecule has 0 aliphatic rings. The van der Waals surface area contributed by atoms with Gasteiger partial charge in [0.15, 0.2) is 0 Å². The number of amides is 1. The van der Waals surface area contributed by atoms with Crippen molar-refractivity contribution in [1.29, 1.82) is 0 Å². The third kappa shape index (κ3) is 2.97. The summed E-state index contributed by atoms with van der Waals surface area (Å²) < 4.78 is 5.11. The molecule has 100 valence electrons. The van der Waals surface area contributed by atoms with Crippen molar-refractivity contribution in [3.8, 4) is 11.5 Å². The highest BCUT2D eigenvalue weighted by molar-refractivity contribution is 5.97. The number of nitrogens with one attached hydrogen (secondary N) is 1. The van der Waals surface area contributed by atoms with E-state index in [9.17, 15) is 4.79 Å². The van der Waals surface area contributed by atoms with Gasteiger partial charge < -0.3 is 15.5 Å². The zero-order valence-electron chi connectivity index (χ0n) is 10.9. The average Bonchev–Trinajstić information content (AvgIpc) is 2.93. The molecule has 1 unspecified atom stereocenters. The summed E-state index contributed by atoms with van der Waals surface area (Å²) >= 11 is 0. The molecule has 1 heterocycles. The SMILES string of the molecule is CCC(C)(N)C(=O)Nc1cccc(-c2nnco2)c1. The molecule has 0 radical (unpaired) electrons. The molecule has 3 N–H and O–H groups in total. The van der Waals surface area contributed by atoms with Crippen LogP contribution in [0.15, 0.2) is 35.1 Å². The summed E-state index contributed by atoms with van der Waals surface area (Å²) in [5.74, 6) is 0.180. The van der Waals surface area contributed by atoms with Crippen LogP contribution in [0.1, 0.15) is 20.3 Å². The lowest BCUT2D eigenvalue weighted by atomic mass is 9.99. The lowest BCUT2D eigenvalue weighted by Crippen LogP contribution is -2.47. The zero-order chi connectivity index (χ0) is 13.9. The van der Waals surface area contributed by atoms with Crippen LogP contribution in [0.2, 0.25) is 0 Å². The van der Waals surface area contributed by atoms with Crippen molar-refractivity contribution in [2.75, 3.05) is 5.32 Å². The first-order valence-electron chi connectivity index (χ1n) is 6.00. The molecule has 1 amide bonds. The molecule has 1 atom stereocenters. The molecule has 0 saturated heterocycles. The van der Waals surface area contributed by atoms with Crippen LogP contribution in [0.4, 0.5) is 5.69 Å². The van der Waals surface area contributed by atoms with Crippen molar-refractivity contribution in [3.63, 3.8) is 0 Å². The minimum absolute atomic E-state index is 0.224. The van der Waals surface area contributed by atoms with Crippen LogP contribution in [0.25, 0.3) is 11.5 Å². The third-order valence-electron chi connectivity index (χ3n) is 2.98. The van der Waals surface area contributed by atoms with Crippen LogP contribution < -0.4 is 11.1 Å². The molecular weight excluding hydrogens is 244 g/mol. The Balaban J connectivity index is 2.19. The summed E-state index contributed by atoms with van der Waals surface area (Å²) in [7, 11) is 0. The Morgan fingerprint density at radius 3 is 2.95 bits per heavy atom. The number of hydrogen-bond donors (Lipinski definition) is 2. The Morgan fingerprint density at radius 2 is 2.32 bits per heavy atom. The van der Waals surface area contributed by atoms with Crippen molar-refractivity contribution in [3.05, 3.63) is 30.7 Å². The topological polar surface area (TPSA) is 94.0 Å². The quantitative estimate of drug-likeness (QED) is 0.874. The van der Waals surface area contributed by atoms with Crippen LogP contribution in [-0.2, 0) is 4.79 Å². The van der Waals surface area contributed by atoms with E-state index in [-0.39, 0.29) is 5.91 Å². The van der Waals surface area contributed by atoms with E-state index in [4.69, 9.17) is 10.2 Å². The second kappa shape index (κ2) is 5.19. The highest BCUT2D eigenvalue weighted by Gasteiger charge is 2.25. The summed E-state index contributed by atoms with van der Waals surface area (Å²) in [5.41, 5.74) is 6.38. The maximum absolute atomic E-state index is 12.0. The van der Waals surface area contributed by atoms with Gasteiger partial charge in [0.25, 0.3) is 0 Å². The maximum Gasteiger partial charge on any atom is 0.247 e. The number of aromatic nitrogens is 2. The van der Waals surface area contributed by atoms with E-state index in [0.717, 1.165) is 5.56 Å². The van der Waals surface area contributed by atoms with Crippen molar-refractivity contribution < 1.29 is 9.21 Å². The van der Waals surface area contributed by atoms with Gasteiger partial charge in [-0.05, 0) is 31.5 Å². The lowest BCUT2D eigenvalue weighted by molar-refractivity contribution is -0.120. The summed E-state index contributed by atoms with van der Waals surface area (Å²) in [6.45, 7) is 3.57. The number of hydrogen-bond acceptors (Lipinski definition) is 5. The summed E-state index contributed by atoms with van der Waals surface area (Å²) in [6, 6.07) is 7.17. The summed E-state index contributed by atoms with van der Waals surface area (Å²) in [6.07, 6.45) is 1.82. The number of nitrogens with two attached hydrogens (primary N) is 1. The first kappa shape index (κ1) is 13.2.